The van der Waals surface area contributed by atoms with Gasteiger partial charge in [0.1, 0.15) is 5.82 Å². The number of carbonyl (C=O) groups is 1. The minimum Gasteiger partial charge on any atom is -0.378 e. The number of anilines is 2. The Bertz CT molecular complexity index is 764. The Labute approximate surface area is 149 Å². The van der Waals surface area contributed by atoms with Crippen molar-refractivity contribution in [1.29, 1.82) is 0 Å². The third kappa shape index (κ3) is 3.64. The maximum atomic E-state index is 13.9. The summed E-state index contributed by atoms with van der Waals surface area (Å²) in [7, 11) is 0. The molecule has 2 aromatic carbocycles. The van der Waals surface area contributed by atoms with Crippen molar-refractivity contribution >= 4 is 40.5 Å². The van der Waals surface area contributed by atoms with Gasteiger partial charge in [0.15, 0.2) is 0 Å². The number of nitrogens with zero attached hydrogens (tertiary/aromatic N) is 1. The molecule has 0 spiro atoms. The average Bonchev–Trinajstić information content (AvgIpc) is 2.58. The monoisotopic (exact) mass is 368 g/mol. The number of amides is 1. The molecule has 1 fully saturated rings. The molecular weight excluding hydrogens is 354 g/mol. The van der Waals surface area contributed by atoms with Gasteiger partial charge in [-0.2, -0.15) is 0 Å². The predicted octanol–water partition coefficient (Wildman–Crippen LogP) is 4.22. The molecule has 0 aliphatic carbocycles. The third-order valence-corrected chi connectivity index (χ3v) is 4.28. The van der Waals surface area contributed by atoms with Crippen molar-refractivity contribution in [2.75, 3.05) is 36.5 Å². The van der Waals surface area contributed by atoms with Crippen LogP contribution in [0.1, 0.15) is 10.4 Å². The van der Waals surface area contributed by atoms with Gasteiger partial charge in [0.25, 0.3) is 5.91 Å². The van der Waals surface area contributed by atoms with E-state index in [1.165, 1.54) is 12.1 Å². The van der Waals surface area contributed by atoms with Crippen molar-refractivity contribution in [3.05, 3.63) is 57.8 Å². The molecule has 2 aromatic rings. The second-order valence-corrected chi connectivity index (χ2v) is 6.16. The molecule has 0 radical (unpaired) electrons. The minimum atomic E-state index is -0.633. The molecule has 1 amide bonds. The van der Waals surface area contributed by atoms with Crippen LogP contribution in [-0.2, 0) is 4.74 Å². The normalized spacial score (nSPS) is 14.5. The summed E-state index contributed by atoms with van der Waals surface area (Å²) >= 11 is 12.2. The molecule has 4 nitrogen and oxygen atoms in total. The highest BCUT2D eigenvalue weighted by molar-refractivity contribution is 6.34. The van der Waals surface area contributed by atoms with Crippen molar-refractivity contribution in [1.82, 2.24) is 0 Å². The second kappa shape index (κ2) is 7.38. The number of hydrogen-bond acceptors (Lipinski definition) is 3. The predicted molar refractivity (Wildman–Crippen MR) is 93.8 cm³/mol. The number of halogens is 3. The van der Waals surface area contributed by atoms with E-state index in [9.17, 15) is 9.18 Å². The van der Waals surface area contributed by atoms with E-state index >= 15 is 0 Å². The van der Waals surface area contributed by atoms with Gasteiger partial charge in [-0.25, -0.2) is 4.39 Å². The molecule has 7 heteroatoms. The molecule has 1 heterocycles. The van der Waals surface area contributed by atoms with Crippen molar-refractivity contribution < 1.29 is 13.9 Å². The first-order chi connectivity index (χ1) is 11.6. The second-order valence-electron chi connectivity index (χ2n) is 5.31. The number of nitrogens with one attached hydrogen (secondary N) is 1. The Morgan fingerprint density at radius 2 is 1.92 bits per heavy atom. The Morgan fingerprint density at radius 3 is 2.67 bits per heavy atom. The lowest BCUT2D eigenvalue weighted by Crippen LogP contribution is -2.37. The van der Waals surface area contributed by atoms with Gasteiger partial charge >= 0.3 is 0 Å². The van der Waals surface area contributed by atoms with Gasteiger partial charge in [0.2, 0.25) is 0 Å². The molecule has 0 bridgehead atoms. The van der Waals surface area contributed by atoms with Gasteiger partial charge < -0.3 is 15.0 Å². The SMILES string of the molecule is O=C(Nc1cccc(Cl)c1N1CCOCC1)c1cc(Cl)ccc1F. The lowest BCUT2D eigenvalue weighted by atomic mass is 10.1. The van der Waals surface area contributed by atoms with E-state index in [1.807, 2.05) is 4.90 Å². The van der Waals surface area contributed by atoms with E-state index in [2.05, 4.69) is 5.32 Å². The van der Waals surface area contributed by atoms with Gasteiger partial charge in [-0.15, -0.1) is 0 Å². The highest BCUT2D eigenvalue weighted by Crippen LogP contribution is 2.34. The summed E-state index contributed by atoms with van der Waals surface area (Å²) in [5.41, 5.74) is 1.11. The van der Waals surface area contributed by atoms with Crippen LogP contribution in [-0.4, -0.2) is 32.2 Å². The maximum absolute atomic E-state index is 13.9. The van der Waals surface area contributed by atoms with E-state index in [4.69, 9.17) is 27.9 Å². The number of morpholine rings is 1. The standard InChI is InChI=1S/C17H15Cl2FN2O2/c18-11-4-5-14(20)12(10-11)17(23)21-15-3-1-2-13(19)16(15)22-6-8-24-9-7-22/h1-5,10H,6-9H2,(H,21,23). The summed E-state index contributed by atoms with van der Waals surface area (Å²) in [6, 6.07) is 9.07. The topological polar surface area (TPSA) is 41.6 Å². The number of rotatable bonds is 3. The van der Waals surface area contributed by atoms with Crippen LogP contribution in [0.15, 0.2) is 36.4 Å². The molecule has 3 rings (SSSR count). The molecule has 0 aromatic heterocycles. The quantitative estimate of drug-likeness (QED) is 0.881. The number of hydrogen-bond donors (Lipinski definition) is 1. The third-order valence-electron chi connectivity index (χ3n) is 3.74. The Morgan fingerprint density at radius 1 is 1.17 bits per heavy atom. The highest BCUT2D eigenvalue weighted by Gasteiger charge is 2.20. The van der Waals surface area contributed by atoms with Gasteiger partial charge in [-0.1, -0.05) is 29.3 Å². The molecule has 126 valence electrons. The molecule has 0 saturated carbocycles. The zero-order chi connectivity index (χ0) is 17.1. The first-order valence-corrected chi connectivity index (χ1v) is 8.19. The van der Waals surface area contributed by atoms with Crippen LogP contribution in [0.4, 0.5) is 15.8 Å². The lowest BCUT2D eigenvalue weighted by molar-refractivity contribution is 0.102. The van der Waals surface area contributed by atoms with E-state index in [0.29, 0.717) is 47.7 Å². The lowest BCUT2D eigenvalue weighted by Gasteiger charge is -2.31. The summed E-state index contributed by atoms with van der Waals surface area (Å²) < 4.78 is 19.2. The number of benzene rings is 2. The van der Waals surface area contributed by atoms with Gasteiger partial charge in [0.05, 0.1) is 35.2 Å². The molecule has 0 unspecified atom stereocenters. The summed E-state index contributed by atoms with van der Waals surface area (Å²) in [6.45, 7) is 2.50. The van der Waals surface area contributed by atoms with E-state index in [-0.39, 0.29) is 5.56 Å². The Balaban J connectivity index is 1.91. The molecule has 1 aliphatic heterocycles. The fraction of sp³-hybridized carbons (Fsp3) is 0.235. The zero-order valence-electron chi connectivity index (χ0n) is 12.7. The number of para-hydroxylation sites is 1. The van der Waals surface area contributed by atoms with Crippen molar-refractivity contribution in [2.24, 2.45) is 0 Å². The summed E-state index contributed by atoms with van der Waals surface area (Å²) in [6.07, 6.45) is 0. The summed E-state index contributed by atoms with van der Waals surface area (Å²) in [5, 5.41) is 3.54. The minimum absolute atomic E-state index is 0.115. The van der Waals surface area contributed by atoms with E-state index < -0.39 is 11.7 Å². The van der Waals surface area contributed by atoms with Crippen LogP contribution < -0.4 is 10.2 Å². The molecular formula is C17H15Cl2FN2O2. The van der Waals surface area contributed by atoms with Gasteiger partial charge in [-0.05, 0) is 30.3 Å². The molecule has 0 atom stereocenters. The first-order valence-electron chi connectivity index (χ1n) is 7.44. The summed E-state index contributed by atoms with van der Waals surface area (Å²) in [5.74, 6) is -1.21. The number of ether oxygens (including phenoxy) is 1. The van der Waals surface area contributed by atoms with Crippen molar-refractivity contribution in [3.63, 3.8) is 0 Å². The maximum Gasteiger partial charge on any atom is 0.258 e. The highest BCUT2D eigenvalue weighted by atomic mass is 35.5. The van der Waals surface area contributed by atoms with E-state index in [1.54, 1.807) is 18.2 Å². The van der Waals surface area contributed by atoms with Crippen LogP contribution in [0.5, 0.6) is 0 Å². The zero-order valence-corrected chi connectivity index (χ0v) is 14.2. The van der Waals surface area contributed by atoms with Crippen LogP contribution in [0.3, 0.4) is 0 Å². The van der Waals surface area contributed by atoms with Crippen molar-refractivity contribution in [3.8, 4) is 0 Å². The van der Waals surface area contributed by atoms with Gasteiger partial charge in [0, 0.05) is 18.1 Å². The summed E-state index contributed by atoms with van der Waals surface area (Å²) in [4.78, 5) is 14.5. The average molecular weight is 369 g/mol. The molecule has 1 aliphatic rings. The van der Waals surface area contributed by atoms with Crippen LogP contribution in [0, 0.1) is 5.82 Å². The molecule has 1 saturated heterocycles. The van der Waals surface area contributed by atoms with Gasteiger partial charge in [-0.3, -0.25) is 4.79 Å². The van der Waals surface area contributed by atoms with E-state index in [0.717, 1.165) is 6.07 Å². The van der Waals surface area contributed by atoms with Crippen LogP contribution in [0.25, 0.3) is 0 Å². The Kier molecular flexibility index (Phi) is 5.23. The smallest absolute Gasteiger partial charge is 0.258 e. The fourth-order valence-corrected chi connectivity index (χ4v) is 3.05. The van der Waals surface area contributed by atoms with Crippen molar-refractivity contribution in [2.45, 2.75) is 0 Å². The Hall–Kier alpha value is -1.82. The fourth-order valence-electron chi connectivity index (χ4n) is 2.59. The first kappa shape index (κ1) is 17.0. The van der Waals surface area contributed by atoms with Crippen LogP contribution in [0.2, 0.25) is 10.0 Å². The molecule has 1 N–H and O–H groups in total. The number of carbonyl (C=O) groups excluding carboxylic acids is 1. The van der Waals surface area contributed by atoms with Crippen LogP contribution >= 0.6 is 23.2 Å². The largest absolute Gasteiger partial charge is 0.378 e. The molecule has 24 heavy (non-hydrogen) atoms.